The van der Waals surface area contributed by atoms with Gasteiger partial charge in [-0.15, -0.1) is 0 Å². The van der Waals surface area contributed by atoms with Crippen LogP contribution in [0.1, 0.15) is 23.1 Å². The van der Waals surface area contributed by atoms with Crippen LogP contribution in [0.5, 0.6) is 0 Å². The van der Waals surface area contributed by atoms with Crippen LogP contribution in [0, 0.1) is 0 Å². The fourth-order valence-corrected chi connectivity index (χ4v) is 3.56. The topological polar surface area (TPSA) is 87.5 Å². The SMILES string of the molecule is O=C(NCc1ccccn1)C(=O)NC[C@H](c1ccco1)N1CCc2ccccc21. The first-order chi connectivity index (χ1) is 14.2. The second kappa shape index (κ2) is 8.60. The van der Waals surface area contributed by atoms with Gasteiger partial charge in [0.2, 0.25) is 0 Å². The molecule has 1 atom stereocenters. The summed E-state index contributed by atoms with van der Waals surface area (Å²) in [6, 6.07) is 17.1. The van der Waals surface area contributed by atoms with Crippen LogP contribution in [-0.4, -0.2) is 29.9 Å². The molecule has 3 aromatic rings. The van der Waals surface area contributed by atoms with E-state index < -0.39 is 11.8 Å². The van der Waals surface area contributed by atoms with Crippen molar-refractivity contribution in [1.29, 1.82) is 0 Å². The van der Waals surface area contributed by atoms with Crippen LogP contribution in [-0.2, 0) is 22.6 Å². The van der Waals surface area contributed by atoms with E-state index in [1.165, 1.54) is 5.56 Å². The summed E-state index contributed by atoms with van der Waals surface area (Å²) in [5, 5.41) is 5.33. The summed E-state index contributed by atoms with van der Waals surface area (Å²) in [6.07, 6.45) is 4.20. The number of furan rings is 1. The lowest BCUT2D eigenvalue weighted by atomic mass is 10.1. The molecule has 3 heterocycles. The third-order valence-corrected chi connectivity index (χ3v) is 4.99. The number of fused-ring (bicyclic) bond motifs is 1. The van der Waals surface area contributed by atoms with Gasteiger partial charge in [-0.25, -0.2) is 0 Å². The Morgan fingerprint density at radius 2 is 1.86 bits per heavy atom. The minimum Gasteiger partial charge on any atom is -0.467 e. The Bertz CT molecular complexity index is 973. The Hall–Kier alpha value is -3.61. The average Bonchev–Trinajstić information content (AvgIpc) is 3.44. The molecule has 0 fully saturated rings. The highest BCUT2D eigenvalue weighted by molar-refractivity contribution is 6.35. The van der Waals surface area contributed by atoms with Crippen molar-refractivity contribution in [3.63, 3.8) is 0 Å². The number of pyridine rings is 1. The molecule has 7 heteroatoms. The molecule has 7 nitrogen and oxygen atoms in total. The summed E-state index contributed by atoms with van der Waals surface area (Å²) < 4.78 is 5.62. The zero-order valence-corrected chi connectivity index (χ0v) is 15.9. The number of carbonyl (C=O) groups excluding carboxylic acids is 2. The number of para-hydroxylation sites is 1. The van der Waals surface area contributed by atoms with E-state index in [4.69, 9.17) is 4.42 Å². The number of hydrogen-bond donors (Lipinski definition) is 2. The highest BCUT2D eigenvalue weighted by Gasteiger charge is 2.29. The van der Waals surface area contributed by atoms with E-state index in [-0.39, 0.29) is 19.1 Å². The Labute approximate surface area is 168 Å². The molecule has 148 valence electrons. The van der Waals surface area contributed by atoms with Crippen LogP contribution in [0.4, 0.5) is 5.69 Å². The second-order valence-electron chi connectivity index (χ2n) is 6.82. The van der Waals surface area contributed by atoms with E-state index in [1.54, 1.807) is 24.6 Å². The van der Waals surface area contributed by atoms with Gasteiger partial charge in [0.25, 0.3) is 0 Å². The van der Waals surface area contributed by atoms with Crippen molar-refractivity contribution in [2.24, 2.45) is 0 Å². The summed E-state index contributed by atoms with van der Waals surface area (Å²) in [5.74, 6) is -0.614. The Morgan fingerprint density at radius 1 is 1.03 bits per heavy atom. The maximum atomic E-state index is 12.3. The first-order valence-electron chi connectivity index (χ1n) is 9.56. The number of hydrogen-bond acceptors (Lipinski definition) is 5. The van der Waals surface area contributed by atoms with E-state index in [0.29, 0.717) is 5.69 Å². The largest absolute Gasteiger partial charge is 0.467 e. The summed E-state index contributed by atoms with van der Waals surface area (Å²) >= 11 is 0. The fraction of sp³-hybridized carbons (Fsp3) is 0.227. The van der Waals surface area contributed by atoms with Gasteiger partial charge in [0.15, 0.2) is 0 Å². The molecule has 0 bridgehead atoms. The predicted octanol–water partition coefficient (Wildman–Crippen LogP) is 2.21. The predicted molar refractivity (Wildman–Crippen MR) is 108 cm³/mol. The van der Waals surface area contributed by atoms with E-state index >= 15 is 0 Å². The molecule has 1 aromatic carbocycles. The number of rotatable bonds is 6. The Morgan fingerprint density at radius 3 is 2.66 bits per heavy atom. The fourth-order valence-electron chi connectivity index (χ4n) is 3.56. The normalized spacial score (nSPS) is 13.6. The average molecular weight is 390 g/mol. The number of amides is 2. The monoisotopic (exact) mass is 390 g/mol. The molecular formula is C22H22N4O3. The van der Waals surface area contributed by atoms with Crippen molar-refractivity contribution >= 4 is 17.5 Å². The molecule has 0 spiro atoms. The maximum Gasteiger partial charge on any atom is 0.309 e. The van der Waals surface area contributed by atoms with Crippen LogP contribution in [0.15, 0.2) is 71.5 Å². The molecule has 29 heavy (non-hydrogen) atoms. The lowest BCUT2D eigenvalue weighted by Crippen LogP contribution is -2.43. The third kappa shape index (κ3) is 4.29. The minimum absolute atomic E-state index is 0.193. The van der Waals surface area contributed by atoms with Gasteiger partial charge in [-0.05, 0) is 42.3 Å². The van der Waals surface area contributed by atoms with E-state index in [2.05, 4.69) is 32.7 Å². The number of anilines is 1. The van der Waals surface area contributed by atoms with Crippen molar-refractivity contribution in [3.8, 4) is 0 Å². The number of nitrogens with one attached hydrogen (secondary N) is 2. The van der Waals surface area contributed by atoms with Crippen LogP contribution in [0.3, 0.4) is 0 Å². The smallest absolute Gasteiger partial charge is 0.309 e. The summed E-state index contributed by atoms with van der Waals surface area (Å²) in [4.78, 5) is 30.8. The van der Waals surface area contributed by atoms with Gasteiger partial charge in [0, 0.05) is 25.0 Å². The van der Waals surface area contributed by atoms with Gasteiger partial charge < -0.3 is 20.0 Å². The van der Waals surface area contributed by atoms with Gasteiger partial charge in [-0.1, -0.05) is 24.3 Å². The molecule has 1 aliphatic rings. The summed E-state index contributed by atoms with van der Waals surface area (Å²) in [6.45, 7) is 1.29. The van der Waals surface area contributed by atoms with Crippen LogP contribution < -0.4 is 15.5 Å². The Kier molecular flexibility index (Phi) is 5.56. The lowest BCUT2D eigenvalue weighted by molar-refractivity contribution is -0.139. The summed E-state index contributed by atoms with van der Waals surface area (Å²) in [5.41, 5.74) is 3.09. The first-order valence-corrected chi connectivity index (χ1v) is 9.56. The third-order valence-electron chi connectivity index (χ3n) is 4.99. The molecule has 0 saturated carbocycles. The zero-order chi connectivity index (χ0) is 20.1. The molecule has 2 amide bonds. The molecular weight excluding hydrogens is 368 g/mol. The molecule has 0 saturated heterocycles. The molecule has 4 rings (SSSR count). The van der Waals surface area contributed by atoms with Gasteiger partial charge >= 0.3 is 11.8 Å². The van der Waals surface area contributed by atoms with Crippen molar-refractivity contribution < 1.29 is 14.0 Å². The van der Waals surface area contributed by atoms with Crippen molar-refractivity contribution in [3.05, 3.63) is 84.1 Å². The molecule has 2 aromatic heterocycles. The number of carbonyl (C=O) groups is 2. The van der Waals surface area contributed by atoms with E-state index in [9.17, 15) is 9.59 Å². The maximum absolute atomic E-state index is 12.3. The molecule has 0 aliphatic carbocycles. The molecule has 0 unspecified atom stereocenters. The van der Waals surface area contributed by atoms with Crippen molar-refractivity contribution in [2.45, 2.75) is 19.0 Å². The standard InChI is InChI=1S/C22H22N4O3/c27-21(24-14-17-7-3-4-11-23-17)22(28)25-15-19(20-9-5-13-29-20)26-12-10-16-6-1-2-8-18(16)26/h1-9,11,13,19H,10,12,14-15H2,(H,24,27)(H,25,28)/t19-/m1/s1. The van der Waals surface area contributed by atoms with E-state index in [1.807, 2.05) is 30.3 Å². The Balaban J connectivity index is 1.40. The number of aromatic nitrogens is 1. The molecule has 2 N–H and O–H groups in total. The van der Waals surface area contributed by atoms with Gasteiger partial charge in [-0.3, -0.25) is 14.6 Å². The highest BCUT2D eigenvalue weighted by atomic mass is 16.3. The quantitative estimate of drug-likeness (QED) is 0.630. The number of nitrogens with zero attached hydrogens (tertiary/aromatic N) is 2. The summed E-state index contributed by atoms with van der Waals surface area (Å²) in [7, 11) is 0. The van der Waals surface area contributed by atoms with Crippen LogP contribution >= 0.6 is 0 Å². The van der Waals surface area contributed by atoms with Gasteiger partial charge in [0.05, 0.1) is 18.5 Å². The van der Waals surface area contributed by atoms with Crippen LogP contribution in [0.25, 0.3) is 0 Å². The van der Waals surface area contributed by atoms with Gasteiger partial charge in [0.1, 0.15) is 11.8 Å². The van der Waals surface area contributed by atoms with Gasteiger partial charge in [-0.2, -0.15) is 0 Å². The molecule has 1 aliphatic heterocycles. The first kappa shape index (κ1) is 18.7. The van der Waals surface area contributed by atoms with Crippen molar-refractivity contribution in [1.82, 2.24) is 15.6 Å². The second-order valence-corrected chi connectivity index (χ2v) is 6.82. The number of benzene rings is 1. The molecule has 0 radical (unpaired) electrons. The van der Waals surface area contributed by atoms with Crippen molar-refractivity contribution in [2.75, 3.05) is 18.0 Å². The highest BCUT2D eigenvalue weighted by Crippen LogP contribution is 2.34. The zero-order valence-electron chi connectivity index (χ0n) is 15.9. The lowest BCUT2D eigenvalue weighted by Gasteiger charge is -2.29. The van der Waals surface area contributed by atoms with E-state index in [0.717, 1.165) is 24.4 Å². The van der Waals surface area contributed by atoms with Crippen LogP contribution in [0.2, 0.25) is 0 Å². The minimum atomic E-state index is -0.685.